The lowest BCUT2D eigenvalue weighted by Crippen LogP contribution is -2.41. The van der Waals surface area contributed by atoms with Gasteiger partial charge in [0.15, 0.2) is 0 Å². The molecule has 0 aliphatic heterocycles. The van der Waals surface area contributed by atoms with Crippen molar-refractivity contribution < 1.29 is 9.59 Å². The standard InChI is InChI=1S/C19H34N2O2/c1-2-3-14-20-18(22)15-10-12-16(13-11-15)19(23)21-17-8-6-4-5-7-9-17/h15-17H,2-14H2,1H3,(H,20,22)(H,21,23). The molecule has 4 nitrogen and oxygen atoms in total. The minimum atomic E-state index is 0.119. The van der Waals surface area contributed by atoms with Crippen molar-refractivity contribution in [2.45, 2.75) is 90.0 Å². The number of unbranched alkanes of at least 4 members (excludes halogenated alkanes) is 1. The van der Waals surface area contributed by atoms with Crippen LogP contribution in [0, 0.1) is 11.8 Å². The van der Waals surface area contributed by atoms with Gasteiger partial charge in [-0.15, -0.1) is 0 Å². The summed E-state index contributed by atoms with van der Waals surface area (Å²) < 4.78 is 0. The van der Waals surface area contributed by atoms with Gasteiger partial charge in [0.25, 0.3) is 0 Å². The predicted molar refractivity (Wildman–Crippen MR) is 93.0 cm³/mol. The summed E-state index contributed by atoms with van der Waals surface area (Å²) >= 11 is 0. The maximum absolute atomic E-state index is 12.5. The van der Waals surface area contributed by atoms with E-state index in [0.717, 1.165) is 57.9 Å². The topological polar surface area (TPSA) is 58.2 Å². The number of carbonyl (C=O) groups excluding carboxylic acids is 2. The maximum atomic E-state index is 12.5. The highest BCUT2D eigenvalue weighted by Crippen LogP contribution is 2.29. The fraction of sp³-hybridized carbons (Fsp3) is 0.895. The van der Waals surface area contributed by atoms with Gasteiger partial charge in [-0.2, -0.15) is 0 Å². The predicted octanol–water partition coefficient (Wildman–Crippen LogP) is 3.55. The van der Waals surface area contributed by atoms with Gasteiger partial charge in [-0.25, -0.2) is 0 Å². The number of hydrogen-bond donors (Lipinski definition) is 2. The van der Waals surface area contributed by atoms with Crippen LogP contribution in [0.2, 0.25) is 0 Å². The first-order valence-corrected chi connectivity index (χ1v) is 9.78. The molecule has 2 saturated carbocycles. The fourth-order valence-electron chi connectivity index (χ4n) is 3.89. The van der Waals surface area contributed by atoms with Crippen molar-refractivity contribution >= 4 is 11.8 Å². The van der Waals surface area contributed by atoms with Crippen LogP contribution >= 0.6 is 0 Å². The van der Waals surface area contributed by atoms with Crippen molar-refractivity contribution in [2.24, 2.45) is 11.8 Å². The molecule has 0 unspecified atom stereocenters. The summed E-state index contributed by atoms with van der Waals surface area (Å²) in [4.78, 5) is 24.5. The van der Waals surface area contributed by atoms with E-state index < -0.39 is 0 Å². The van der Waals surface area contributed by atoms with Crippen LogP contribution in [0.25, 0.3) is 0 Å². The van der Waals surface area contributed by atoms with Gasteiger partial charge >= 0.3 is 0 Å². The molecule has 0 radical (unpaired) electrons. The minimum Gasteiger partial charge on any atom is -0.356 e. The molecule has 0 aromatic heterocycles. The Balaban J connectivity index is 1.68. The van der Waals surface area contributed by atoms with Crippen molar-refractivity contribution in [2.75, 3.05) is 6.54 Å². The molecule has 0 aromatic carbocycles. The Hall–Kier alpha value is -1.06. The highest BCUT2D eigenvalue weighted by molar-refractivity contribution is 5.81. The first kappa shape index (κ1) is 18.3. The van der Waals surface area contributed by atoms with Crippen LogP contribution in [-0.4, -0.2) is 24.4 Å². The van der Waals surface area contributed by atoms with E-state index in [1.165, 1.54) is 25.7 Å². The second-order valence-corrected chi connectivity index (χ2v) is 7.39. The van der Waals surface area contributed by atoms with E-state index in [0.29, 0.717) is 6.04 Å². The summed E-state index contributed by atoms with van der Waals surface area (Å²) in [6, 6.07) is 0.389. The van der Waals surface area contributed by atoms with Gasteiger partial charge in [0.2, 0.25) is 11.8 Å². The van der Waals surface area contributed by atoms with Crippen LogP contribution in [-0.2, 0) is 9.59 Å². The van der Waals surface area contributed by atoms with Gasteiger partial charge < -0.3 is 10.6 Å². The number of amides is 2. The zero-order chi connectivity index (χ0) is 16.5. The van der Waals surface area contributed by atoms with Crippen LogP contribution in [0.5, 0.6) is 0 Å². The van der Waals surface area contributed by atoms with Gasteiger partial charge in [-0.05, 0) is 44.9 Å². The lowest BCUT2D eigenvalue weighted by atomic mass is 9.81. The summed E-state index contributed by atoms with van der Waals surface area (Å²) in [6.45, 7) is 2.92. The van der Waals surface area contributed by atoms with Gasteiger partial charge in [-0.1, -0.05) is 39.0 Å². The van der Waals surface area contributed by atoms with Crippen LogP contribution in [0.4, 0.5) is 0 Å². The second kappa shape index (κ2) is 9.94. The van der Waals surface area contributed by atoms with Crippen molar-refractivity contribution in [1.29, 1.82) is 0 Å². The monoisotopic (exact) mass is 322 g/mol. The summed E-state index contributed by atoms with van der Waals surface area (Å²) in [5, 5.41) is 6.31. The minimum absolute atomic E-state index is 0.119. The SMILES string of the molecule is CCCCNC(=O)C1CCC(C(=O)NC2CCCCCC2)CC1. The Morgan fingerprint density at radius 1 is 0.826 bits per heavy atom. The lowest BCUT2D eigenvalue weighted by molar-refractivity contribution is -0.131. The quantitative estimate of drug-likeness (QED) is 0.580. The molecule has 0 atom stereocenters. The average Bonchev–Trinajstić information content (AvgIpc) is 2.84. The van der Waals surface area contributed by atoms with Gasteiger partial charge in [0, 0.05) is 24.4 Å². The largest absolute Gasteiger partial charge is 0.356 e. The molecule has 2 aliphatic carbocycles. The second-order valence-electron chi connectivity index (χ2n) is 7.39. The van der Waals surface area contributed by atoms with Crippen LogP contribution in [0.3, 0.4) is 0 Å². The van der Waals surface area contributed by atoms with E-state index in [2.05, 4.69) is 17.6 Å². The molecule has 132 valence electrons. The third kappa shape index (κ3) is 6.15. The Kier molecular flexibility index (Phi) is 7.90. The number of carbonyl (C=O) groups is 2. The zero-order valence-corrected chi connectivity index (χ0v) is 14.7. The van der Waals surface area contributed by atoms with E-state index >= 15 is 0 Å². The molecule has 2 aliphatic rings. The van der Waals surface area contributed by atoms with E-state index in [1.807, 2.05) is 0 Å². The molecule has 2 rings (SSSR count). The highest BCUT2D eigenvalue weighted by atomic mass is 16.2. The Bertz CT molecular complexity index is 368. The van der Waals surface area contributed by atoms with Crippen molar-refractivity contribution in [1.82, 2.24) is 10.6 Å². The van der Waals surface area contributed by atoms with Crippen LogP contribution in [0.15, 0.2) is 0 Å². The fourth-order valence-corrected chi connectivity index (χ4v) is 3.89. The maximum Gasteiger partial charge on any atom is 0.223 e. The molecular weight excluding hydrogens is 288 g/mol. The van der Waals surface area contributed by atoms with Crippen LogP contribution in [0.1, 0.15) is 84.0 Å². The van der Waals surface area contributed by atoms with Gasteiger partial charge in [0.1, 0.15) is 0 Å². The smallest absolute Gasteiger partial charge is 0.223 e. The first-order valence-electron chi connectivity index (χ1n) is 9.78. The van der Waals surface area contributed by atoms with Crippen molar-refractivity contribution in [3.8, 4) is 0 Å². The van der Waals surface area contributed by atoms with E-state index in [1.54, 1.807) is 0 Å². The molecule has 0 saturated heterocycles. The molecule has 2 amide bonds. The Labute approximate surface area is 141 Å². The van der Waals surface area contributed by atoms with E-state index in [4.69, 9.17) is 0 Å². The third-order valence-corrected chi connectivity index (χ3v) is 5.50. The number of rotatable bonds is 6. The molecule has 23 heavy (non-hydrogen) atoms. The third-order valence-electron chi connectivity index (χ3n) is 5.50. The zero-order valence-electron chi connectivity index (χ0n) is 14.7. The highest BCUT2D eigenvalue weighted by Gasteiger charge is 2.30. The molecule has 0 spiro atoms. The molecule has 0 bridgehead atoms. The Morgan fingerprint density at radius 2 is 1.39 bits per heavy atom. The van der Waals surface area contributed by atoms with Gasteiger partial charge in [-0.3, -0.25) is 9.59 Å². The van der Waals surface area contributed by atoms with Gasteiger partial charge in [0.05, 0.1) is 0 Å². The lowest BCUT2D eigenvalue weighted by Gasteiger charge is -2.28. The molecule has 2 N–H and O–H groups in total. The summed E-state index contributed by atoms with van der Waals surface area (Å²) in [7, 11) is 0. The summed E-state index contributed by atoms with van der Waals surface area (Å²) in [5.74, 6) is 0.676. The Morgan fingerprint density at radius 3 is 1.96 bits per heavy atom. The number of hydrogen-bond acceptors (Lipinski definition) is 2. The first-order chi connectivity index (χ1) is 11.2. The average molecular weight is 322 g/mol. The number of nitrogens with one attached hydrogen (secondary N) is 2. The van der Waals surface area contributed by atoms with Crippen LogP contribution < -0.4 is 10.6 Å². The van der Waals surface area contributed by atoms with E-state index in [9.17, 15) is 9.59 Å². The van der Waals surface area contributed by atoms with E-state index in [-0.39, 0.29) is 23.7 Å². The van der Waals surface area contributed by atoms with Crippen molar-refractivity contribution in [3.63, 3.8) is 0 Å². The molecule has 2 fully saturated rings. The van der Waals surface area contributed by atoms with Crippen molar-refractivity contribution in [3.05, 3.63) is 0 Å². The molecule has 0 aromatic rings. The molecular formula is C19H34N2O2. The molecule has 4 heteroatoms. The molecule has 0 heterocycles. The normalized spacial score (nSPS) is 26.3. The summed E-state index contributed by atoms with van der Waals surface area (Å²) in [5.41, 5.74) is 0. The summed E-state index contributed by atoms with van der Waals surface area (Å²) in [6.07, 6.45) is 13.0.